The zero-order valence-electron chi connectivity index (χ0n) is 11.3. The van der Waals surface area contributed by atoms with Crippen molar-refractivity contribution in [3.63, 3.8) is 0 Å². The van der Waals surface area contributed by atoms with E-state index in [-0.39, 0.29) is 0 Å². The Morgan fingerprint density at radius 1 is 0.941 bits per heavy atom. The van der Waals surface area contributed by atoms with E-state index >= 15 is 0 Å². The van der Waals surface area contributed by atoms with Gasteiger partial charge >= 0.3 is 0 Å². The highest BCUT2D eigenvalue weighted by Crippen LogP contribution is 2.11. The average molecular weight is 229 g/mol. The maximum atomic E-state index is 3.20. The summed E-state index contributed by atoms with van der Waals surface area (Å²) in [6.45, 7) is 4.27. The van der Waals surface area contributed by atoms with Crippen LogP contribution in [0.25, 0.3) is 0 Å². The summed E-state index contributed by atoms with van der Waals surface area (Å²) in [4.78, 5) is 0. The van der Waals surface area contributed by atoms with Gasteiger partial charge in [-0.15, -0.1) is 0 Å². The fourth-order valence-corrected chi connectivity index (χ4v) is 2.04. The van der Waals surface area contributed by atoms with Gasteiger partial charge in [-0.3, -0.25) is 0 Å². The molecule has 0 heterocycles. The van der Waals surface area contributed by atoms with Crippen molar-refractivity contribution in [1.82, 2.24) is 0 Å². The van der Waals surface area contributed by atoms with Gasteiger partial charge in [0.1, 0.15) is 0 Å². The molecule has 0 saturated heterocycles. The topological polar surface area (TPSA) is 0 Å². The van der Waals surface area contributed by atoms with E-state index < -0.39 is 0 Å². The second-order valence-corrected chi connectivity index (χ2v) is 4.65. The van der Waals surface area contributed by atoms with Gasteiger partial charge in [0.2, 0.25) is 0 Å². The molecule has 0 nitrogen and oxygen atoms in total. The van der Waals surface area contributed by atoms with Gasteiger partial charge in [0.05, 0.1) is 0 Å². The van der Waals surface area contributed by atoms with Crippen molar-refractivity contribution in [2.45, 2.75) is 58.8 Å². The number of rotatable bonds is 8. The summed E-state index contributed by atoms with van der Waals surface area (Å²) in [5, 5.41) is 0. The molecule has 0 fully saturated rings. The number of benzene rings is 1. The van der Waals surface area contributed by atoms with Crippen molar-refractivity contribution in [1.29, 1.82) is 0 Å². The molecule has 1 aromatic carbocycles. The minimum absolute atomic E-state index is 1.18. The molecule has 0 aliphatic heterocycles. The van der Waals surface area contributed by atoms with Crippen LogP contribution in [-0.4, -0.2) is 0 Å². The van der Waals surface area contributed by atoms with Crippen molar-refractivity contribution in [2.24, 2.45) is 0 Å². The van der Waals surface area contributed by atoms with Gasteiger partial charge in [0.15, 0.2) is 0 Å². The first kappa shape index (κ1) is 14.0. The van der Waals surface area contributed by atoms with Crippen molar-refractivity contribution in [3.8, 4) is 0 Å². The Kier molecular flexibility index (Phi) is 7.46. The lowest BCUT2D eigenvalue weighted by molar-refractivity contribution is 0.607. The zero-order valence-corrected chi connectivity index (χ0v) is 11.3. The third-order valence-electron chi connectivity index (χ3n) is 3.08. The van der Waals surface area contributed by atoms with E-state index in [0.29, 0.717) is 0 Å². The largest absolute Gasteiger partial charge is 0.0792 e. The molecule has 0 amide bonds. The van der Waals surface area contributed by atoms with Gasteiger partial charge in [-0.25, -0.2) is 0 Å². The van der Waals surface area contributed by atoms with E-state index in [0.717, 1.165) is 0 Å². The minimum Gasteiger partial charge on any atom is -0.0792 e. The molecule has 17 heavy (non-hydrogen) atoms. The minimum atomic E-state index is 1.18. The van der Waals surface area contributed by atoms with Gasteiger partial charge in [0.25, 0.3) is 0 Å². The van der Waals surface area contributed by atoms with E-state index in [1.54, 1.807) is 0 Å². The van der Waals surface area contributed by atoms with Gasteiger partial charge in [-0.2, -0.15) is 0 Å². The summed E-state index contributed by atoms with van der Waals surface area (Å²) in [6.07, 6.45) is 14.6. The van der Waals surface area contributed by atoms with Crippen LogP contribution in [0.3, 0.4) is 0 Å². The third kappa shape index (κ3) is 6.31. The SMILES string of the molecule is C/C=[C]/c1ccc(CCCCCCCC)cc1. The number of hydrogen-bond acceptors (Lipinski definition) is 0. The van der Waals surface area contributed by atoms with Crippen LogP contribution < -0.4 is 0 Å². The van der Waals surface area contributed by atoms with Crippen molar-refractivity contribution in [3.05, 3.63) is 47.5 Å². The van der Waals surface area contributed by atoms with Crippen molar-refractivity contribution < 1.29 is 0 Å². The predicted octanol–water partition coefficient (Wildman–Crippen LogP) is 5.32. The Bertz CT molecular complexity index is 305. The smallest absolute Gasteiger partial charge is 0.0151 e. The monoisotopic (exact) mass is 229 g/mol. The Labute approximate surface area is 107 Å². The van der Waals surface area contributed by atoms with Crippen LogP contribution in [0.15, 0.2) is 30.3 Å². The normalized spacial score (nSPS) is 11.2. The molecule has 0 saturated carbocycles. The molecule has 0 spiro atoms. The highest BCUT2D eigenvalue weighted by atomic mass is 14.0. The highest BCUT2D eigenvalue weighted by Gasteiger charge is 1.94. The first-order chi connectivity index (χ1) is 8.36. The molecule has 0 aliphatic carbocycles. The third-order valence-corrected chi connectivity index (χ3v) is 3.08. The Balaban J connectivity index is 2.18. The molecule has 0 unspecified atom stereocenters. The molecule has 1 aromatic rings. The van der Waals surface area contributed by atoms with Gasteiger partial charge in [-0.05, 0) is 37.0 Å². The van der Waals surface area contributed by atoms with Crippen molar-refractivity contribution in [2.75, 3.05) is 0 Å². The van der Waals surface area contributed by atoms with Crippen LogP contribution in [0.4, 0.5) is 0 Å². The molecular formula is C17H25. The first-order valence-electron chi connectivity index (χ1n) is 7.00. The number of aryl methyl sites for hydroxylation is 1. The molecule has 1 radical (unpaired) electrons. The molecule has 0 bridgehead atoms. The van der Waals surface area contributed by atoms with Crippen LogP contribution in [0, 0.1) is 6.08 Å². The van der Waals surface area contributed by atoms with Crippen LogP contribution >= 0.6 is 0 Å². The standard InChI is InChI=1S/C17H25/c1-3-5-6-7-8-9-11-17-14-12-16(10-4-2)13-15-17/h4,12-15H,3,5-9,11H2,1-2H3. The molecule has 1 rings (SSSR count). The van der Waals surface area contributed by atoms with Gasteiger partial charge in [0, 0.05) is 0 Å². The quantitative estimate of drug-likeness (QED) is 0.529. The molecule has 93 valence electrons. The van der Waals surface area contributed by atoms with E-state index in [1.165, 1.54) is 56.1 Å². The van der Waals surface area contributed by atoms with Gasteiger partial charge in [-0.1, -0.05) is 69.4 Å². The Morgan fingerprint density at radius 2 is 1.59 bits per heavy atom. The lowest BCUT2D eigenvalue weighted by atomic mass is 10.0. The first-order valence-corrected chi connectivity index (χ1v) is 7.00. The zero-order chi connectivity index (χ0) is 12.3. The van der Waals surface area contributed by atoms with Gasteiger partial charge < -0.3 is 0 Å². The highest BCUT2D eigenvalue weighted by molar-refractivity contribution is 5.26. The Morgan fingerprint density at radius 3 is 2.24 bits per heavy atom. The van der Waals surface area contributed by atoms with E-state index in [4.69, 9.17) is 0 Å². The summed E-state index contributed by atoms with van der Waals surface area (Å²) in [5.74, 6) is 0. The Hall–Kier alpha value is -1.04. The molecule has 0 aromatic heterocycles. The van der Waals surface area contributed by atoms with E-state index in [1.807, 2.05) is 13.0 Å². The van der Waals surface area contributed by atoms with Crippen LogP contribution in [0.1, 0.15) is 63.5 Å². The number of unbranched alkanes of at least 4 members (excludes halogenated alkanes) is 5. The number of hydrogen-bond donors (Lipinski definition) is 0. The maximum Gasteiger partial charge on any atom is -0.0151 e. The molecular weight excluding hydrogens is 204 g/mol. The lowest BCUT2D eigenvalue weighted by Crippen LogP contribution is -1.86. The molecule has 0 atom stereocenters. The summed E-state index contributed by atoms with van der Waals surface area (Å²) < 4.78 is 0. The molecule has 0 heteroatoms. The number of allylic oxidation sites excluding steroid dienone is 1. The second-order valence-electron chi connectivity index (χ2n) is 4.65. The summed E-state index contributed by atoms with van der Waals surface area (Å²) in [7, 11) is 0. The van der Waals surface area contributed by atoms with Crippen molar-refractivity contribution >= 4 is 0 Å². The summed E-state index contributed by atoms with van der Waals surface area (Å²) in [6, 6.07) is 8.79. The van der Waals surface area contributed by atoms with E-state index in [2.05, 4.69) is 37.3 Å². The molecule has 0 aliphatic rings. The average Bonchev–Trinajstić information content (AvgIpc) is 2.36. The fraction of sp³-hybridized carbons (Fsp3) is 0.529. The molecule has 0 N–H and O–H groups in total. The lowest BCUT2D eigenvalue weighted by Gasteiger charge is -2.02. The summed E-state index contributed by atoms with van der Waals surface area (Å²) in [5.41, 5.74) is 2.64. The summed E-state index contributed by atoms with van der Waals surface area (Å²) >= 11 is 0. The predicted molar refractivity (Wildman–Crippen MR) is 76.1 cm³/mol. The second kappa shape index (κ2) is 9.04. The maximum absolute atomic E-state index is 3.20. The van der Waals surface area contributed by atoms with E-state index in [9.17, 15) is 0 Å². The fourth-order valence-electron chi connectivity index (χ4n) is 2.04. The van der Waals surface area contributed by atoms with Crippen LogP contribution in [-0.2, 0) is 6.42 Å². The van der Waals surface area contributed by atoms with Crippen LogP contribution in [0.2, 0.25) is 0 Å². The van der Waals surface area contributed by atoms with Crippen LogP contribution in [0.5, 0.6) is 0 Å².